The van der Waals surface area contributed by atoms with Crippen molar-refractivity contribution in [3.8, 4) is 0 Å². The van der Waals surface area contributed by atoms with E-state index in [9.17, 15) is 0 Å². The van der Waals surface area contributed by atoms with Crippen LogP contribution in [0.2, 0.25) is 5.02 Å². The van der Waals surface area contributed by atoms with Crippen LogP contribution in [0.4, 0.5) is 5.82 Å². The molecule has 1 aromatic heterocycles. The van der Waals surface area contributed by atoms with Crippen LogP contribution in [0, 0.1) is 0 Å². The first-order valence-corrected chi connectivity index (χ1v) is 7.31. The average molecular weight is 298 g/mol. The molecule has 0 saturated heterocycles. The van der Waals surface area contributed by atoms with Gasteiger partial charge in [0.05, 0.1) is 5.52 Å². The number of nitrogens with zero attached hydrogens (tertiary/aromatic N) is 2. The molecule has 1 atom stereocenters. The van der Waals surface area contributed by atoms with Crippen molar-refractivity contribution < 1.29 is 0 Å². The SMILES string of the molecule is CC(Cc1ccccc1Cl)Nc1ncnc2ccccc12. The number of nitrogens with one attached hydrogen (secondary N) is 1. The van der Waals surface area contributed by atoms with Gasteiger partial charge in [0.1, 0.15) is 12.1 Å². The fraction of sp³-hybridized carbons (Fsp3) is 0.176. The minimum absolute atomic E-state index is 0.225. The van der Waals surface area contributed by atoms with Gasteiger partial charge in [-0.1, -0.05) is 41.9 Å². The van der Waals surface area contributed by atoms with Crippen LogP contribution in [0.5, 0.6) is 0 Å². The molecule has 3 nitrogen and oxygen atoms in total. The van der Waals surface area contributed by atoms with E-state index in [-0.39, 0.29) is 6.04 Å². The van der Waals surface area contributed by atoms with Gasteiger partial charge in [-0.25, -0.2) is 9.97 Å². The second kappa shape index (κ2) is 6.10. The van der Waals surface area contributed by atoms with Crippen LogP contribution in [0.3, 0.4) is 0 Å². The van der Waals surface area contributed by atoms with E-state index in [0.29, 0.717) is 0 Å². The maximum absolute atomic E-state index is 6.21. The molecular formula is C17H16ClN3. The standard InChI is InChI=1S/C17H16ClN3/c1-12(10-13-6-2-4-8-15(13)18)21-17-14-7-3-5-9-16(14)19-11-20-17/h2-9,11-12H,10H2,1H3,(H,19,20,21). The van der Waals surface area contributed by atoms with Crippen molar-refractivity contribution in [3.63, 3.8) is 0 Å². The summed E-state index contributed by atoms with van der Waals surface area (Å²) < 4.78 is 0. The van der Waals surface area contributed by atoms with Crippen LogP contribution in [-0.2, 0) is 6.42 Å². The molecule has 0 fully saturated rings. The molecule has 21 heavy (non-hydrogen) atoms. The van der Waals surface area contributed by atoms with Gasteiger partial charge in [-0.15, -0.1) is 0 Å². The zero-order valence-corrected chi connectivity index (χ0v) is 12.5. The summed E-state index contributed by atoms with van der Waals surface area (Å²) in [6.07, 6.45) is 2.44. The Bertz CT molecular complexity index is 752. The van der Waals surface area contributed by atoms with Gasteiger partial charge in [0.25, 0.3) is 0 Å². The Labute approximate surface area is 129 Å². The van der Waals surface area contributed by atoms with E-state index in [0.717, 1.165) is 33.7 Å². The molecule has 0 amide bonds. The van der Waals surface area contributed by atoms with Gasteiger partial charge in [0, 0.05) is 16.5 Å². The number of halogens is 1. The van der Waals surface area contributed by atoms with Crippen molar-refractivity contribution in [2.24, 2.45) is 0 Å². The lowest BCUT2D eigenvalue weighted by atomic mass is 10.1. The van der Waals surface area contributed by atoms with Crippen molar-refractivity contribution in [2.75, 3.05) is 5.32 Å². The summed E-state index contributed by atoms with van der Waals surface area (Å²) in [5.41, 5.74) is 2.08. The van der Waals surface area contributed by atoms with Crippen LogP contribution < -0.4 is 5.32 Å². The van der Waals surface area contributed by atoms with E-state index in [1.807, 2.05) is 42.5 Å². The zero-order valence-electron chi connectivity index (χ0n) is 11.8. The first kappa shape index (κ1) is 13.8. The largest absolute Gasteiger partial charge is 0.367 e. The molecular weight excluding hydrogens is 282 g/mol. The molecule has 0 radical (unpaired) electrons. The molecule has 0 aliphatic carbocycles. The normalized spacial score (nSPS) is 12.3. The molecule has 0 bridgehead atoms. The summed E-state index contributed by atoms with van der Waals surface area (Å²) in [6, 6.07) is 16.1. The van der Waals surface area contributed by atoms with E-state index in [1.165, 1.54) is 0 Å². The fourth-order valence-corrected chi connectivity index (χ4v) is 2.61. The number of aromatic nitrogens is 2. The summed E-state index contributed by atoms with van der Waals surface area (Å²) in [7, 11) is 0. The molecule has 0 aliphatic rings. The van der Waals surface area contributed by atoms with Crippen molar-refractivity contribution in [1.29, 1.82) is 0 Å². The summed E-state index contributed by atoms with van der Waals surface area (Å²) in [4.78, 5) is 8.63. The first-order valence-electron chi connectivity index (χ1n) is 6.94. The van der Waals surface area contributed by atoms with Crippen LogP contribution in [-0.4, -0.2) is 16.0 Å². The Balaban J connectivity index is 1.81. The Morgan fingerprint density at radius 1 is 1.05 bits per heavy atom. The number of fused-ring (bicyclic) bond motifs is 1. The lowest BCUT2D eigenvalue weighted by Crippen LogP contribution is -2.19. The summed E-state index contributed by atoms with van der Waals surface area (Å²) in [6.45, 7) is 2.13. The highest BCUT2D eigenvalue weighted by Gasteiger charge is 2.09. The third-order valence-electron chi connectivity index (χ3n) is 3.41. The fourth-order valence-electron chi connectivity index (χ4n) is 2.40. The second-order valence-corrected chi connectivity index (χ2v) is 5.49. The Kier molecular flexibility index (Phi) is 4.02. The molecule has 3 rings (SSSR count). The molecule has 106 valence electrons. The van der Waals surface area contributed by atoms with Crippen LogP contribution in [0.25, 0.3) is 10.9 Å². The number of rotatable bonds is 4. The molecule has 0 spiro atoms. The van der Waals surface area contributed by atoms with Crippen molar-refractivity contribution in [1.82, 2.24) is 9.97 Å². The smallest absolute Gasteiger partial charge is 0.137 e. The Morgan fingerprint density at radius 2 is 1.81 bits per heavy atom. The van der Waals surface area contributed by atoms with Gasteiger partial charge in [0.15, 0.2) is 0 Å². The molecule has 0 aliphatic heterocycles. The van der Waals surface area contributed by atoms with Crippen molar-refractivity contribution >= 4 is 28.3 Å². The van der Waals surface area contributed by atoms with E-state index in [1.54, 1.807) is 6.33 Å². The van der Waals surface area contributed by atoms with E-state index < -0.39 is 0 Å². The second-order valence-electron chi connectivity index (χ2n) is 5.08. The summed E-state index contributed by atoms with van der Waals surface area (Å²) in [5, 5.41) is 5.29. The number of anilines is 1. The topological polar surface area (TPSA) is 37.8 Å². The van der Waals surface area contributed by atoms with Crippen LogP contribution in [0.1, 0.15) is 12.5 Å². The average Bonchev–Trinajstić information content (AvgIpc) is 2.50. The third-order valence-corrected chi connectivity index (χ3v) is 3.78. The van der Waals surface area contributed by atoms with Gasteiger partial charge in [-0.05, 0) is 37.1 Å². The third kappa shape index (κ3) is 3.14. The molecule has 0 saturated carbocycles. The molecule has 1 N–H and O–H groups in total. The highest BCUT2D eigenvalue weighted by molar-refractivity contribution is 6.31. The lowest BCUT2D eigenvalue weighted by Gasteiger charge is -2.16. The molecule has 2 aromatic carbocycles. The number of para-hydroxylation sites is 1. The van der Waals surface area contributed by atoms with E-state index in [4.69, 9.17) is 11.6 Å². The maximum atomic E-state index is 6.21. The first-order chi connectivity index (χ1) is 10.2. The number of hydrogen-bond acceptors (Lipinski definition) is 3. The molecule has 3 aromatic rings. The summed E-state index contributed by atoms with van der Waals surface area (Å²) in [5.74, 6) is 0.861. The molecule has 4 heteroatoms. The van der Waals surface area contributed by atoms with Gasteiger partial charge < -0.3 is 5.32 Å². The Morgan fingerprint density at radius 3 is 2.67 bits per heavy atom. The van der Waals surface area contributed by atoms with Gasteiger partial charge in [-0.3, -0.25) is 0 Å². The van der Waals surface area contributed by atoms with Gasteiger partial charge >= 0.3 is 0 Å². The van der Waals surface area contributed by atoms with Crippen molar-refractivity contribution in [3.05, 3.63) is 65.4 Å². The minimum atomic E-state index is 0.225. The lowest BCUT2D eigenvalue weighted by molar-refractivity contribution is 0.786. The summed E-state index contributed by atoms with van der Waals surface area (Å²) >= 11 is 6.21. The monoisotopic (exact) mass is 297 g/mol. The quantitative estimate of drug-likeness (QED) is 0.779. The predicted molar refractivity (Wildman–Crippen MR) is 87.8 cm³/mol. The zero-order chi connectivity index (χ0) is 14.7. The van der Waals surface area contributed by atoms with E-state index in [2.05, 4.69) is 28.3 Å². The van der Waals surface area contributed by atoms with Gasteiger partial charge in [0.2, 0.25) is 0 Å². The van der Waals surface area contributed by atoms with Crippen LogP contribution >= 0.6 is 11.6 Å². The number of benzene rings is 2. The highest BCUT2D eigenvalue weighted by Crippen LogP contribution is 2.21. The maximum Gasteiger partial charge on any atom is 0.137 e. The number of hydrogen-bond donors (Lipinski definition) is 1. The van der Waals surface area contributed by atoms with Crippen LogP contribution in [0.15, 0.2) is 54.9 Å². The van der Waals surface area contributed by atoms with Gasteiger partial charge in [-0.2, -0.15) is 0 Å². The Hall–Kier alpha value is -2.13. The minimum Gasteiger partial charge on any atom is -0.367 e. The van der Waals surface area contributed by atoms with E-state index >= 15 is 0 Å². The predicted octanol–water partition coefficient (Wildman–Crippen LogP) is 4.33. The van der Waals surface area contributed by atoms with Crippen molar-refractivity contribution in [2.45, 2.75) is 19.4 Å². The highest BCUT2D eigenvalue weighted by atomic mass is 35.5. The molecule has 1 unspecified atom stereocenters. The molecule has 1 heterocycles.